The molecular weight excluding hydrogens is 426 g/mol. The molecule has 2 aromatic carbocycles. The maximum Gasteiger partial charge on any atom is 0.257 e. The van der Waals surface area contributed by atoms with Gasteiger partial charge in [-0.1, -0.05) is 37.6 Å². The number of hydrogen-bond acceptors (Lipinski definition) is 4. The first-order valence-corrected chi connectivity index (χ1v) is 11.3. The van der Waals surface area contributed by atoms with Crippen molar-refractivity contribution in [1.82, 2.24) is 4.90 Å². The lowest BCUT2D eigenvalue weighted by Gasteiger charge is -2.28. The number of halogens is 1. The van der Waals surface area contributed by atoms with Crippen LogP contribution in [0, 0.1) is 5.92 Å². The van der Waals surface area contributed by atoms with Crippen LogP contribution in [-0.4, -0.2) is 51.1 Å². The van der Waals surface area contributed by atoms with Crippen LogP contribution >= 0.6 is 11.6 Å². The number of benzene rings is 2. The molecule has 0 spiro atoms. The second kappa shape index (κ2) is 12.5. The monoisotopic (exact) mass is 459 g/mol. The normalized spacial score (nSPS) is 10.8. The molecule has 0 saturated heterocycles. The van der Waals surface area contributed by atoms with E-state index >= 15 is 0 Å². The van der Waals surface area contributed by atoms with Crippen molar-refractivity contribution in [3.63, 3.8) is 0 Å². The zero-order valence-electron chi connectivity index (χ0n) is 19.7. The number of ether oxygens (including phenoxy) is 1. The zero-order chi connectivity index (χ0) is 23.7. The number of rotatable bonds is 11. The Morgan fingerprint density at radius 2 is 1.78 bits per heavy atom. The van der Waals surface area contributed by atoms with Gasteiger partial charge in [0.15, 0.2) is 0 Å². The molecule has 0 bridgehead atoms. The Bertz CT molecular complexity index is 913. The van der Waals surface area contributed by atoms with E-state index in [1.54, 1.807) is 31.4 Å². The lowest BCUT2D eigenvalue weighted by Crippen LogP contribution is -2.38. The first-order chi connectivity index (χ1) is 15.3. The molecule has 1 N–H and O–H groups in total. The van der Waals surface area contributed by atoms with Crippen LogP contribution in [0.1, 0.15) is 42.6 Å². The molecule has 2 rings (SSSR count). The first-order valence-electron chi connectivity index (χ1n) is 11.0. The summed E-state index contributed by atoms with van der Waals surface area (Å²) in [6, 6.07) is 12.7. The van der Waals surface area contributed by atoms with Crippen molar-refractivity contribution in [3.8, 4) is 0 Å². The summed E-state index contributed by atoms with van der Waals surface area (Å²) in [4.78, 5) is 29.7. The summed E-state index contributed by atoms with van der Waals surface area (Å²) in [5, 5.41) is 3.33. The molecule has 174 valence electrons. The quantitative estimate of drug-likeness (QED) is 0.509. The Morgan fingerprint density at radius 1 is 1.09 bits per heavy atom. The van der Waals surface area contributed by atoms with Crippen molar-refractivity contribution in [2.75, 3.05) is 44.6 Å². The molecule has 7 heteroatoms. The fourth-order valence-corrected chi connectivity index (χ4v) is 3.86. The van der Waals surface area contributed by atoms with Gasteiger partial charge in [-0.05, 0) is 48.7 Å². The average molecular weight is 460 g/mol. The van der Waals surface area contributed by atoms with Gasteiger partial charge in [-0.25, -0.2) is 0 Å². The second-order valence-corrected chi connectivity index (χ2v) is 8.35. The van der Waals surface area contributed by atoms with Gasteiger partial charge in [0.2, 0.25) is 5.91 Å². The van der Waals surface area contributed by atoms with Gasteiger partial charge < -0.3 is 19.9 Å². The molecule has 0 radical (unpaired) electrons. The van der Waals surface area contributed by atoms with E-state index in [1.807, 2.05) is 55.9 Å². The molecule has 32 heavy (non-hydrogen) atoms. The van der Waals surface area contributed by atoms with Crippen LogP contribution in [-0.2, 0) is 16.1 Å². The van der Waals surface area contributed by atoms with E-state index in [0.29, 0.717) is 36.0 Å². The van der Waals surface area contributed by atoms with E-state index < -0.39 is 0 Å². The molecule has 0 atom stereocenters. The highest BCUT2D eigenvalue weighted by Crippen LogP contribution is 2.26. The van der Waals surface area contributed by atoms with E-state index in [1.165, 1.54) is 0 Å². The molecule has 0 heterocycles. The fraction of sp³-hybridized carbons (Fsp3) is 0.440. The fourth-order valence-electron chi connectivity index (χ4n) is 3.64. The van der Waals surface area contributed by atoms with E-state index in [-0.39, 0.29) is 17.7 Å². The molecule has 0 aliphatic rings. The Kier molecular flexibility index (Phi) is 10.0. The van der Waals surface area contributed by atoms with E-state index in [4.69, 9.17) is 16.3 Å². The number of hydrogen-bond donors (Lipinski definition) is 1. The highest BCUT2D eigenvalue weighted by Gasteiger charge is 2.23. The number of carbonyl (C=O) groups is 2. The van der Waals surface area contributed by atoms with E-state index in [9.17, 15) is 9.59 Å². The van der Waals surface area contributed by atoms with Crippen LogP contribution in [0.15, 0.2) is 42.5 Å². The Labute approximate surface area is 196 Å². The summed E-state index contributed by atoms with van der Waals surface area (Å²) in [5.74, 6) is -0.163. The highest BCUT2D eigenvalue weighted by atomic mass is 35.5. The number of amides is 2. The Hall–Kier alpha value is -2.57. The summed E-state index contributed by atoms with van der Waals surface area (Å²) < 4.78 is 5.25. The van der Waals surface area contributed by atoms with Gasteiger partial charge >= 0.3 is 0 Å². The van der Waals surface area contributed by atoms with Crippen molar-refractivity contribution in [3.05, 3.63) is 58.6 Å². The lowest BCUT2D eigenvalue weighted by atomic mass is 10.0. The minimum atomic E-state index is -0.275. The molecule has 0 unspecified atom stereocenters. The third-order valence-corrected chi connectivity index (χ3v) is 5.84. The molecule has 2 amide bonds. The summed E-state index contributed by atoms with van der Waals surface area (Å²) in [6.45, 7) is 5.48. The van der Waals surface area contributed by atoms with E-state index in [2.05, 4.69) is 5.32 Å². The van der Waals surface area contributed by atoms with E-state index in [0.717, 1.165) is 24.1 Å². The minimum absolute atomic E-state index is 0.0160. The third-order valence-electron chi connectivity index (χ3n) is 5.51. The maximum atomic E-state index is 13.2. The molecule has 0 aliphatic carbocycles. The molecule has 2 aromatic rings. The van der Waals surface area contributed by atoms with Crippen LogP contribution < -0.4 is 10.2 Å². The molecule has 6 nitrogen and oxygen atoms in total. The maximum absolute atomic E-state index is 13.2. The molecule has 0 fully saturated rings. The summed E-state index contributed by atoms with van der Waals surface area (Å²) in [7, 11) is 5.56. The van der Waals surface area contributed by atoms with Gasteiger partial charge in [-0.2, -0.15) is 0 Å². The largest absolute Gasteiger partial charge is 0.383 e. The minimum Gasteiger partial charge on any atom is -0.383 e. The lowest BCUT2D eigenvalue weighted by molar-refractivity contribution is -0.137. The van der Waals surface area contributed by atoms with Crippen molar-refractivity contribution < 1.29 is 14.3 Å². The standard InChI is InChI=1S/C25H34ClN3O3/c1-6-18(7-2)25(31)29(14-15-32-5)17-19-16-20(12-13-23(19)28(3)4)27-24(30)21-10-8-9-11-22(21)26/h8-13,16,18H,6-7,14-15,17H2,1-5H3,(H,27,30). The topological polar surface area (TPSA) is 61.9 Å². The number of carbonyl (C=O) groups excluding carboxylic acids is 2. The van der Waals surface area contributed by atoms with Crippen LogP contribution in [0.3, 0.4) is 0 Å². The Balaban J connectivity index is 2.33. The number of methoxy groups -OCH3 is 1. The zero-order valence-corrected chi connectivity index (χ0v) is 20.4. The van der Waals surface area contributed by atoms with Crippen LogP contribution in [0.4, 0.5) is 11.4 Å². The SMILES string of the molecule is CCC(CC)C(=O)N(CCOC)Cc1cc(NC(=O)c2ccccc2Cl)ccc1N(C)C. The Morgan fingerprint density at radius 3 is 2.38 bits per heavy atom. The van der Waals surface area contributed by atoms with Gasteiger partial charge in [-0.3, -0.25) is 9.59 Å². The predicted octanol–water partition coefficient (Wildman–Crippen LogP) is 5.07. The summed E-state index contributed by atoms with van der Waals surface area (Å²) in [6.07, 6.45) is 1.60. The van der Waals surface area contributed by atoms with Gasteiger partial charge in [0, 0.05) is 51.6 Å². The number of nitrogens with one attached hydrogen (secondary N) is 1. The van der Waals surface area contributed by atoms with Gasteiger partial charge in [0.25, 0.3) is 5.91 Å². The summed E-state index contributed by atoms with van der Waals surface area (Å²) >= 11 is 6.17. The van der Waals surface area contributed by atoms with Crippen molar-refractivity contribution >= 4 is 34.8 Å². The second-order valence-electron chi connectivity index (χ2n) is 7.94. The van der Waals surface area contributed by atoms with Crippen molar-refractivity contribution in [1.29, 1.82) is 0 Å². The van der Waals surface area contributed by atoms with Gasteiger partial charge in [0.1, 0.15) is 0 Å². The number of nitrogens with zero attached hydrogens (tertiary/aromatic N) is 2. The van der Waals surface area contributed by atoms with Crippen LogP contribution in [0.25, 0.3) is 0 Å². The highest BCUT2D eigenvalue weighted by molar-refractivity contribution is 6.34. The number of anilines is 2. The molecular formula is C25H34ClN3O3. The van der Waals surface area contributed by atoms with Crippen molar-refractivity contribution in [2.45, 2.75) is 33.2 Å². The molecule has 0 aliphatic heterocycles. The van der Waals surface area contributed by atoms with Crippen molar-refractivity contribution in [2.24, 2.45) is 5.92 Å². The first kappa shape index (κ1) is 25.7. The smallest absolute Gasteiger partial charge is 0.257 e. The average Bonchev–Trinajstić information content (AvgIpc) is 2.77. The third kappa shape index (κ3) is 6.71. The molecule has 0 aromatic heterocycles. The van der Waals surface area contributed by atoms with Gasteiger partial charge in [-0.15, -0.1) is 0 Å². The molecule has 0 saturated carbocycles. The van der Waals surface area contributed by atoms with Gasteiger partial charge in [0.05, 0.1) is 17.2 Å². The predicted molar refractivity (Wildman–Crippen MR) is 132 cm³/mol. The van der Waals surface area contributed by atoms with Crippen LogP contribution in [0.5, 0.6) is 0 Å². The van der Waals surface area contributed by atoms with Crippen LogP contribution in [0.2, 0.25) is 5.02 Å². The summed E-state index contributed by atoms with van der Waals surface area (Å²) in [5.41, 5.74) is 3.00.